The molecule has 5 heteroatoms. The second kappa shape index (κ2) is 8.51. The van der Waals surface area contributed by atoms with Crippen molar-refractivity contribution in [3.05, 3.63) is 71.3 Å². The van der Waals surface area contributed by atoms with E-state index in [1.165, 1.54) is 18.2 Å². The minimum Gasteiger partial charge on any atom is -0.504 e. The van der Waals surface area contributed by atoms with Gasteiger partial charge in [-0.1, -0.05) is 42.5 Å². The Labute approximate surface area is 145 Å². The van der Waals surface area contributed by atoms with E-state index >= 15 is 0 Å². The lowest BCUT2D eigenvalue weighted by Gasteiger charge is -2.04. The van der Waals surface area contributed by atoms with Gasteiger partial charge in [0, 0.05) is 0 Å². The van der Waals surface area contributed by atoms with Crippen LogP contribution < -0.4 is 0 Å². The number of phenols is 2. The van der Waals surface area contributed by atoms with Crippen molar-refractivity contribution in [1.29, 1.82) is 5.26 Å². The van der Waals surface area contributed by atoms with E-state index in [1.54, 1.807) is 6.07 Å². The van der Waals surface area contributed by atoms with Crippen LogP contribution in [0.25, 0.3) is 12.2 Å². The maximum Gasteiger partial charge on any atom is 0.202 e. The maximum absolute atomic E-state index is 9.47. The third kappa shape index (κ3) is 4.97. The van der Waals surface area contributed by atoms with E-state index in [-0.39, 0.29) is 28.7 Å². The van der Waals surface area contributed by atoms with Gasteiger partial charge in [0.05, 0.1) is 0 Å². The minimum atomic E-state index is -0.265. The molecule has 0 saturated carbocycles. The van der Waals surface area contributed by atoms with Crippen molar-refractivity contribution >= 4 is 29.4 Å². The van der Waals surface area contributed by atoms with Gasteiger partial charge in [-0.3, -0.25) is 0 Å². The summed E-state index contributed by atoms with van der Waals surface area (Å²) in [6.07, 6.45) is 5.20. The molecule has 0 aromatic heterocycles. The number of benzene rings is 2. The lowest BCUT2D eigenvalue weighted by molar-refractivity contribution is 0.362. The van der Waals surface area contributed by atoms with Crippen LogP contribution in [-0.4, -0.2) is 21.9 Å². The number of hydrogen-bond acceptors (Lipinski definition) is 5. The van der Waals surface area contributed by atoms with Crippen LogP contribution in [0.15, 0.2) is 60.2 Å². The molecule has 0 heterocycles. The number of aromatic hydroxyl groups is 2. The van der Waals surface area contributed by atoms with Gasteiger partial charge in [0.2, 0.25) is 5.05 Å². The Balaban J connectivity index is 1.98. The molecule has 0 atom stereocenters. The van der Waals surface area contributed by atoms with Gasteiger partial charge in [0.1, 0.15) is 18.2 Å². The maximum atomic E-state index is 9.47. The zero-order valence-electron chi connectivity index (χ0n) is 12.7. The number of ether oxygens (including phenoxy) is 1. The summed E-state index contributed by atoms with van der Waals surface area (Å²) in [5.41, 5.74) is 1.75. The molecule has 0 aliphatic heterocycles. The molecule has 0 radical (unpaired) electrons. The fourth-order valence-electron chi connectivity index (χ4n) is 1.88. The highest BCUT2D eigenvalue weighted by atomic mass is 32.1. The largest absolute Gasteiger partial charge is 0.504 e. The lowest BCUT2D eigenvalue weighted by atomic mass is 10.1. The normalized spacial score (nSPS) is 11.2. The average molecular weight is 337 g/mol. The van der Waals surface area contributed by atoms with Crippen molar-refractivity contribution in [3.63, 3.8) is 0 Å². The zero-order chi connectivity index (χ0) is 17.4. The molecule has 0 amide bonds. The van der Waals surface area contributed by atoms with Gasteiger partial charge in [0.25, 0.3) is 0 Å². The first-order valence-electron chi connectivity index (χ1n) is 7.12. The predicted molar refractivity (Wildman–Crippen MR) is 97.4 cm³/mol. The van der Waals surface area contributed by atoms with Crippen molar-refractivity contribution < 1.29 is 14.9 Å². The molecular formula is C19H15NO3S. The van der Waals surface area contributed by atoms with Gasteiger partial charge in [0.15, 0.2) is 11.5 Å². The van der Waals surface area contributed by atoms with Gasteiger partial charge in [-0.2, -0.15) is 5.26 Å². The third-order valence-electron chi connectivity index (χ3n) is 3.07. The molecule has 2 N–H and O–H groups in total. The van der Waals surface area contributed by atoms with E-state index in [4.69, 9.17) is 17.0 Å². The molecule has 0 saturated heterocycles. The lowest BCUT2D eigenvalue weighted by Crippen LogP contribution is -2.04. The van der Waals surface area contributed by atoms with Crippen LogP contribution in [0.4, 0.5) is 0 Å². The summed E-state index contributed by atoms with van der Waals surface area (Å²) in [4.78, 5) is 0. The molecule has 4 nitrogen and oxygen atoms in total. The summed E-state index contributed by atoms with van der Waals surface area (Å²) >= 11 is 5.10. The van der Waals surface area contributed by atoms with E-state index < -0.39 is 0 Å². The highest BCUT2D eigenvalue weighted by molar-refractivity contribution is 7.80. The number of phenolic OH excluding ortho intramolecular Hbond substituents is 2. The fourth-order valence-corrected chi connectivity index (χ4v) is 2.06. The number of nitriles is 1. The Kier molecular flexibility index (Phi) is 6.12. The van der Waals surface area contributed by atoms with E-state index in [1.807, 2.05) is 48.6 Å². The summed E-state index contributed by atoms with van der Waals surface area (Å²) in [5.74, 6) is -0.491. The van der Waals surface area contributed by atoms with Gasteiger partial charge >= 0.3 is 0 Å². The monoisotopic (exact) mass is 337 g/mol. The molecule has 0 aliphatic rings. The van der Waals surface area contributed by atoms with Crippen molar-refractivity contribution in [3.8, 4) is 17.6 Å². The smallest absolute Gasteiger partial charge is 0.202 e. The number of hydrogen-bond donors (Lipinski definition) is 2. The second-order valence-electron chi connectivity index (χ2n) is 4.83. The molecule has 2 aromatic carbocycles. The van der Waals surface area contributed by atoms with E-state index in [0.29, 0.717) is 5.56 Å². The summed E-state index contributed by atoms with van der Waals surface area (Å²) in [6, 6.07) is 16.0. The van der Waals surface area contributed by atoms with Crippen molar-refractivity contribution in [2.24, 2.45) is 0 Å². The molecule has 24 heavy (non-hydrogen) atoms. The third-order valence-corrected chi connectivity index (χ3v) is 3.41. The van der Waals surface area contributed by atoms with E-state index in [9.17, 15) is 15.5 Å². The average Bonchev–Trinajstić information content (AvgIpc) is 2.60. The van der Waals surface area contributed by atoms with E-state index in [0.717, 1.165) is 5.56 Å². The van der Waals surface area contributed by atoms with Crippen LogP contribution in [0.3, 0.4) is 0 Å². The van der Waals surface area contributed by atoms with Crippen LogP contribution in [-0.2, 0) is 4.74 Å². The molecule has 0 fully saturated rings. The number of rotatable bonds is 5. The first kappa shape index (κ1) is 17.3. The first-order chi connectivity index (χ1) is 11.6. The van der Waals surface area contributed by atoms with Gasteiger partial charge < -0.3 is 14.9 Å². The molecular weight excluding hydrogens is 322 g/mol. The van der Waals surface area contributed by atoms with Crippen LogP contribution in [0.1, 0.15) is 11.1 Å². The molecule has 0 spiro atoms. The highest BCUT2D eigenvalue weighted by Gasteiger charge is 2.06. The van der Waals surface area contributed by atoms with Crippen LogP contribution in [0.2, 0.25) is 0 Å². The zero-order valence-corrected chi connectivity index (χ0v) is 13.5. The topological polar surface area (TPSA) is 73.5 Å². The Bertz CT molecular complexity index is 820. The Morgan fingerprint density at radius 2 is 1.83 bits per heavy atom. The molecule has 0 aliphatic carbocycles. The fraction of sp³-hybridized carbons (Fsp3) is 0.0526. The molecule has 0 unspecified atom stereocenters. The molecule has 2 rings (SSSR count). The summed E-state index contributed by atoms with van der Waals surface area (Å²) in [7, 11) is 0. The van der Waals surface area contributed by atoms with E-state index in [2.05, 4.69) is 0 Å². The molecule has 2 aromatic rings. The quantitative estimate of drug-likeness (QED) is 0.372. The van der Waals surface area contributed by atoms with Crippen molar-refractivity contribution in [1.82, 2.24) is 0 Å². The Hall–Kier alpha value is -3.10. The van der Waals surface area contributed by atoms with Crippen molar-refractivity contribution in [2.75, 3.05) is 6.61 Å². The standard InChI is InChI=1S/C19H15NO3S/c20-13-16(11-15-8-9-17(21)18(22)12-15)19(24)23-10-4-7-14-5-2-1-3-6-14/h1-9,11-12,21-22H,10H2/b7-4+,16-11+. The molecule has 120 valence electrons. The minimum absolute atomic E-state index is 0.0720. The summed E-state index contributed by atoms with van der Waals surface area (Å²) in [6.45, 7) is 0.244. The van der Waals surface area contributed by atoms with Crippen LogP contribution in [0.5, 0.6) is 11.5 Å². The Morgan fingerprint density at radius 1 is 1.08 bits per heavy atom. The number of thiocarbonyl (C=S) groups is 1. The van der Waals surface area contributed by atoms with Crippen molar-refractivity contribution in [2.45, 2.75) is 0 Å². The first-order valence-corrected chi connectivity index (χ1v) is 7.53. The van der Waals surface area contributed by atoms with Gasteiger partial charge in [-0.05, 0) is 47.6 Å². The predicted octanol–water partition coefficient (Wildman–Crippen LogP) is 4.06. The van der Waals surface area contributed by atoms with Crippen LogP contribution in [0, 0.1) is 11.3 Å². The highest BCUT2D eigenvalue weighted by Crippen LogP contribution is 2.26. The number of nitrogens with zero attached hydrogens (tertiary/aromatic N) is 1. The second-order valence-corrected chi connectivity index (χ2v) is 5.20. The van der Waals surface area contributed by atoms with Gasteiger partial charge in [-0.15, -0.1) is 0 Å². The summed E-state index contributed by atoms with van der Waals surface area (Å²) < 4.78 is 5.38. The Morgan fingerprint density at radius 3 is 2.50 bits per heavy atom. The summed E-state index contributed by atoms with van der Waals surface area (Å²) in [5, 5.41) is 28.0. The van der Waals surface area contributed by atoms with Gasteiger partial charge in [-0.25, -0.2) is 0 Å². The SMILES string of the molecule is N#C/C(=C\c1ccc(O)c(O)c1)C(=S)OC/C=C/c1ccccc1. The van der Waals surface area contributed by atoms with Crippen LogP contribution >= 0.6 is 12.2 Å². The molecule has 0 bridgehead atoms.